The molecule has 0 saturated heterocycles. The van der Waals surface area contributed by atoms with Crippen molar-refractivity contribution < 1.29 is 19.1 Å². The van der Waals surface area contributed by atoms with Gasteiger partial charge in [0.05, 0.1) is 0 Å². The topological polar surface area (TPSA) is 84.5 Å². The first-order valence-corrected chi connectivity index (χ1v) is 8.76. The molecule has 2 amide bonds. The molecule has 27 heavy (non-hydrogen) atoms. The molecule has 2 atom stereocenters. The van der Waals surface area contributed by atoms with Crippen LogP contribution in [0.2, 0.25) is 0 Å². The lowest BCUT2D eigenvalue weighted by Gasteiger charge is -2.17. The van der Waals surface area contributed by atoms with E-state index in [0.717, 1.165) is 11.1 Å². The Balaban J connectivity index is 1.80. The summed E-state index contributed by atoms with van der Waals surface area (Å²) in [5.74, 6) is -1.45. The first-order chi connectivity index (χ1) is 12.9. The van der Waals surface area contributed by atoms with Gasteiger partial charge >= 0.3 is 5.97 Å². The average molecular weight is 368 g/mol. The Bertz CT molecular complexity index is 788. The number of benzene rings is 2. The Kier molecular flexibility index (Phi) is 7.11. The maximum absolute atomic E-state index is 12.1. The number of nitrogens with one attached hydrogen (secondary N) is 2. The summed E-state index contributed by atoms with van der Waals surface area (Å²) in [7, 11) is 0. The minimum Gasteiger partial charge on any atom is -0.451 e. The van der Waals surface area contributed by atoms with E-state index >= 15 is 0 Å². The SMILES string of the molecule is Cc1ccc(CNC(=O)[C@H](C)OC(=O)[C@H](C)NC(=O)c2ccccc2)cc1. The summed E-state index contributed by atoms with van der Waals surface area (Å²) < 4.78 is 5.15. The lowest BCUT2D eigenvalue weighted by atomic mass is 10.1. The number of ether oxygens (including phenoxy) is 1. The molecule has 0 aliphatic heterocycles. The van der Waals surface area contributed by atoms with Crippen molar-refractivity contribution in [3.63, 3.8) is 0 Å². The van der Waals surface area contributed by atoms with Crippen LogP contribution in [0.25, 0.3) is 0 Å². The van der Waals surface area contributed by atoms with Crippen LogP contribution in [0, 0.1) is 6.92 Å². The van der Waals surface area contributed by atoms with Gasteiger partial charge in [-0.3, -0.25) is 9.59 Å². The summed E-state index contributed by atoms with van der Waals surface area (Å²) in [6, 6.07) is 15.5. The molecule has 6 heteroatoms. The lowest BCUT2D eigenvalue weighted by molar-refractivity contribution is -0.156. The van der Waals surface area contributed by atoms with Crippen LogP contribution in [-0.4, -0.2) is 29.9 Å². The van der Waals surface area contributed by atoms with E-state index in [1.807, 2.05) is 31.2 Å². The van der Waals surface area contributed by atoms with Gasteiger partial charge in [-0.1, -0.05) is 48.0 Å². The van der Waals surface area contributed by atoms with Crippen LogP contribution >= 0.6 is 0 Å². The van der Waals surface area contributed by atoms with Gasteiger partial charge in [-0.05, 0) is 38.5 Å². The molecular weight excluding hydrogens is 344 g/mol. The van der Waals surface area contributed by atoms with Gasteiger partial charge in [0.1, 0.15) is 6.04 Å². The van der Waals surface area contributed by atoms with Crippen molar-refractivity contribution in [1.82, 2.24) is 10.6 Å². The quantitative estimate of drug-likeness (QED) is 0.735. The second kappa shape index (κ2) is 9.52. The molecule has 0 radical (unpaired) electrons. The van der Waals surface area contributed by atoms with Crippen molar-refractivity contribution in [3.8, 4) is 0 Å². The van der Waals surface area contributed by atoms with E-state index < -0.39 is 24.0 Å². The minimum atomic E-state index is -0.959. The first kappa shape index (κ1) is 20.2. The summed E-state index contributed by atoms with van der Waals surface area (Å²) in [6.07, 6.45) is -0.959. The molecule has 0 aromatic heterocycles. The van der Waals surface area contributed by atoms with Crippen LogP contribution in [0.3, 0.4) is 0 Å². The van der Waals surface area contributed by atoms with Crippen LogP contribution in [-0.2, 0) is 20.9 Å². The van der Waals surface area contributed by atoms with Gasteiger partial charge in [-0.15, -0.1) is 0 Å². The van der Waals surface area contributed by atoms with Crippen molar-refractivity contribution in [1.29, 1.82) is 0 Å². The number of rotatable bonds is 7. The van der Waals surface area contributed by atoms with Crippen molar-refractivity contribution in [3.05, 3.63) is 71.3 Å². The molecule has 2 aromatic carbocycles. The number of amides is 2. The van der Waals surface area contributed by atoms with Crippen molar-refractivity contribution in [2.45, 2.75) is 39.5 Å². The van der Waals surface area contributed by atoms with E-state index in [2.05, 4.69) is 10.6 Å². The van der Waals surface area contributed by atoms with Crippen LogP contribution < -0.4 is 10.6 Å². The molecule has 0 unspecified atom stereocenters. The molecule has 0 aliphatic carbocycles. The molecule has 142 valence electrons. The fourth-order valence-electron chi connectivity index (χ4n) is 2.30. The highest BCUT2D eigenvalue weighted by Gasteiger charge is 2.23. The third kappa shape index (κ3) is 6.26. The van der Waals surface area contributed by atoms with Gasteiger partial charge in [0.15, 0.2) is 6.10 Å². The van der Waals surface area contributed by atoms with Gasteiger partial charge < -0.3 is 15.4 Å². The van der Waals surface area contributed by atoms with Gasteiger partial charge in [0.25, 0.3) is 11.8 Å². The molecular formula is C21H24N2O4. The Hall–Kier alpha value is -3.15. The Morgan fingerprint density at radius 2 is 1.59 bits per heavy atom. The number of carbonyl (C=O) groups is 3. The maximum atomic E-state index is 12.1. The highest BCUT2D eigenvalue weighted by molar-refractivity contribution is 5.96. The summed E-state index contributed by atoms with van der Waals surface area (Å²) in [5.41, 5.74) is 2.54. The number of hydrogen-bond donors (Lipinski definition) is 2. The summed E-state index contributed by atoms with van der Waals surface area (Å²) in [6.45, 7) is 5.34. The summed E-state index contributed by atoms with van der Waals surface area (Å²) >= 11 is 0. The monoisotopic (exact) mass is 368 g/mol. The smallest absolute Gasteiger partial charge is 0.329 e. The van der Waals surface area contributed by atoms with Crippen LogP contribution in [0.1, 0.15) is 35.3 Å². The van der Waals surface area contributed by atoms with E-state index in [-0.39, 0.29) is 5.91 Å². The Morgan fingerprint density at radius 3 is 2.22 bits per heavy atom. The lowest BCUT2D eigenvalue weighted by Crippen LogP contribution is -2.43. The van der Waals surface area contributed by atoms with Crippen molar-refractivity contribution in [2.75, 3.05) is 0 Å². The zero-order valence-corrected chi connectivity index (χ0v) is 15.7. The molecule has 0 bridgehead atoms. The van der Waals surface area contributed by atoms with E-state index in [1.165, 1.54) is 13.8 Å². The summed E-state index contributed by atoms with van der Waals surface area (Å²) in [5, 5.41) is 5.28. The summed E-state index contributed by atoms with van der Waals surface area (Å²) in [4.78, 5) is 36.3. The largest absolute Gasteiger partial charge is 0.451 e. The van der Waals surface area contributed by atoms with Crippen LogP contribution in [0.15, 0.2) is 54.6 Å². The van der Waals surface area contributed by atoms with E-state index in [4.69, 9.17) is 4.74 Å². The predicted octanol–water partition coefficient (Wildman–Crippen LogP) is 2.36. The van der Waals surface area contributed by atoms with Crippen molar-refractivity contribution >= 4 is 17.8 Å². The molecule has 0 saturated carbocycles. The average Bonchev–Trinajstić information content (AvgIpc) is 2.67. The second-order valence-electron chi connectivity index (χ2n) is 6.34. The van der Waals surface area contributed by atoms with Gasteiger partial charge in [0.2, 0.25) is 0 Å². The molecule has 2 aromatic rings. The fourth-order valence-corrected chi connectivity index (χ4v) is 2.30. The van der Waals surface area contributed by atoms with Crippen LogP contribution in [0.4, 0.5) is 0 Å². The standard InChI is InChI=1S/C21H24N2O4/c1-14-9-11-17(12-10-14)13-22-19(24)16(3)27-21(26)15(2)23-20(25)18-7-5-4-6-8-18/h4-12,15-16H,13H2,1-3H3,(H,22,24)(H,23,25)/t15-,16-/m0/s1. The zero-order valence-electron chi connectivity index (χ0n) is 15.7. The normalized spacial score (nSPS) is 12.6. The molecule has 6 nitrogen and oxygen atoms in total. The third-order valence-electron chi connectivity index (χ3n) is 3.99. The highest BCUT2D eigenvalue weighted by Crippen LogP contribution is 2.04. The van der Waals surface area contributed by atoms with Gasteiger partial charge in [0, 0.05) is 12.1 Å². The first-order valence-electron chi connectivity index (χ1n) is 8.76. The van der Waals surface area contributed by atoms with Gasteiger partial charge in [-0.2, -0.15) is 0 Å². The van der Waals surface area contributed by atoms with Crippen molar-refractivity contribution in [2.24, 2.45) is 0 Å². The molecule has 0 fully saturated rings. The number of carbonyl (C=O) groups excluding carboxylic acids is 3. The third-order valence-corrected chi connectivity index (χ3v) is 3.99. The zero-order chi connectivity index (χ0) is 19.8. The maximum Gasteiger partial charge on any atom is 0.329 e. The fraction of sp³-hybridized carbons (Fsp3) is 0.286. The molecule has 0 spiro atoms. The van der Waals surface area contributed by atoms with Crippen LogP contribution in [0.5, 0.6) is 0 Å². The Morgan fingerprint density at radius 1 is 0.963 bits per heavy atom. The second-order valence-corrected chi connectivity index (χ2v) is 6.34. The molecule has 2 rings (SSSR count). The minimum absolute atomic E-state index is 0.349. The molecule has 0 aliphatic rings. The highest BCUT2D eigenvalue weighted by atomic mass is 16.5. The number of aryl methyl sites for hydroxylation is 1. The number of hydrogen-bond acceptors (Lipinski definition) is 4. The van der Waals surface area contributed by atoms with Gasteiger partial charge in [-0.25, -0.2) is 4.79 Å². The predicted molar refractivity (Wildman–Crippen MR) is 102 cm³/mol. The van der Waals surface area contributed by atoms with E-state index in [1.54, 1.807) is 30.3 Å². The molecule has 2 N–H and O–H groups in total. The van der Waals surface area contributed by atoms with E-state index in [9.17, 15) is 14.4 Å². The van der Waals surface area contributed by atoms with E-state index in [0.29, 0.717) is 12.1 Å². The number of esters is 1. The molecule has 0 heterocycles. The Labute approximate surface area is 158 Å².